The lowest BCUT2D eigenvalue weighted by molar-refractivity contribution is -0.146. The summed E-state index contributed by atoms with van der Waals surface area (Å²) in [6, 6.07) is 0. The van der Waals surface area contributed by atoms with Crippen LogP contribution in [0.4, 0.5) is 0 Å². The highest BCUT2D eigenvalue weighted by molar-refractivity contribution is 5.74. The molecule has 1 saturated carbocycles. The molecule has 1 aliphatic heterocycles. The fraction of sp³-hybridized carbons (Fsp3) is 0.929. The molecule has 1 spiro atoms. The number of piperidine rings is 1. The van der Waals surface area contributed by atoms with Gasteiger partial charge in [0, 0.05) is 19.0 Å². The Hall–Kier alpha value is -0.530. The van der Waals surface area contributed by atoms with Crippen LogP contribution >= 0.6 is 0 Å². The molecule has 0 aromatic rings. The van der Waals surface area contributed by atoms with Crippen LogP contribution in [0.5, 0.6) is 0 Å². The Morgan fingerprint density at radius 2 is 1.94 bits per heavy atom. The number of hydrogen-bond donors (Lipinski definition) is 0. The lowest BCUT2D eigenvalue weighted by atomic mass is 9.62. The van der Waals surface area contributed by atoms with Crippen molar-refractivity contribution < 1.29 is 4.79 Å². The van der Waals surface area contributed by atoms with E-state index in [1.54, 1.807) is 6.92 Å². The van der Waals surface area contributed by atoms with Crippen LogP contribution in [0, 0.1) is 11.3 Å². The molecule has 1 atom stereocenters. The molecule has 2 nitrogen and oxygen atoms in total. The van der Waals surface area contributed by atoms with Crippen molar-refractivity contribution in [1.82, 2.24) is 4.90 Å². The molecule has 1 aliphatic carbocycles. The maximum Gasteiger partial charge on any atom is 0.219 e. The molecule has 92 valence electrons. The largest absolute Gasteiger partial charge is 0.337 e. The fourth-order valence-electron chi connectivity index (χ4n) is 3.48. The summed E-state index contributed by atoms with van der Waals surface area (Å²) in [7, 11) is 0. The predicted octanol–water partition coefficient (Wildman–Crippen LogP) is 3.21. The molecular weight excluding hydrogens is 198 g/mol. The van der Waals surface area contributed by atoms with Crippen molar-refractivity contribution in [3.8, 4) is 0 Å². The van der Waals surface area contributed by atoms with Gasteiger partial charge >= 0.3 is 0 Å². The highest BCUT2D eigenvalue weighted by Gasteiger charge is 2.49. The Bertz CT molecular complexity index is 286. The molecule has 2 fully saturated rings. The van der Waals surface area contributed by atoms with Crippen LogP contribution < -0.4 is 0 Å². The first-order valence-electron chi connectivity index (χ1n) is 6.63. The molecule has 0 aromatic carbocycles. The Morgan fingerprint density at radius 1 is 1.31 bits per heavy atom. The van der Waals surface area contributed by atoms with Crippen molar-refractivity contribution in [3.05, 3.63) is 0 Å². The molecule has 0 N–H and O–H groups in total. The number of nitrogens with zero attached hydrogens (tertiary/aromatic N) is 1. The fourth-order valence-corrected chi connectivity index (χ4v) is 3.48. The van der Waals surface area contributed by atoms with Crippen molar-refractivity contribution in [2.75, 3.05) is 6.54 Å². The van der Waals surface area contributed by atoms with Crippen molar-refractivity contribution >= 4 is 5.91 Å². The standard InChI is InChI=1S/C14H25NO/c1-11(16)15-9-6-12(13(2,3)4)10-14(15)7-5-8-14/h12H,5-10H2,1-4H3/t12-/m0/s1. The van der Waals surface area contributed by atoms with E-state index in [-0.39, 0.29) is 11.4 Å². The minimum absolute atomic E-state index is 0.252. The highest BCUT2D eigenvalue weighted by Crippen LogP contribution is 2.50. The summed E-state index contributed by atoms with van der Waals surface area (Å²) in [6.07, 6.45) is 6.19. The third kappa shape index (κ3) is 1.87. The number of likely N-dealkylation sites (tertiary alicyclic amines) is 1. The topological polar surface area (TPSA) is 20.3 Å². The van der Waals surface area contributed by atoms with Gasteiger partial charge in [-0.15, -0.1) is 0 Å². The molecule has 2 heteroatoms. The van der Waals surface area contributed by atoms with E-state index in [0.29, 0.717) is 5.41 Å². The lowest BCUT2D eigenvalue weighted by Crippen LogP contribution is -2.60. The number of rotatable bonds is 0. The Balaban J connectivity index is 2.13. The first-order valence-corrected chi connectivity index (χ1v) is 6.63. The molecule has 1 amide bonds. The lowest BCUT2D eigenvalue weighted by Gasteiger charge is -2.57. The van der Waals surface area contributed by atoms with Gasteiger partial charge in [-0.05, 0) is 43.4 Å². The van der Waals surface area contributed by atoms with Gasteiger partial charge < -0.3 is 4.90 Å². The van der Waals surface area contributed by atoms with Crippen molar-refractivity contribution in [3.63, 3.8) is 0 Å². The van der Waals surface area contributed by atoms with E-state index < -0.39 is 0 Å². The third-order valence-electron chi connectivity index (χ3n) is 4.79. The molecule has 16 heavy (non-hydrogen) atoms. The summed E-state index contributed by atoms with van der Waals surface area (Å²) in [6.45, 7) is 9.74. The van der Waals surface area contributed by atoms with E-state index in [1.807, 2.05) is 0 Å². The quantitative estimate of drug-likeness (QED) is 0.617. The number of hydrogen-bond acceptors (Lipinski definition) is 1. The average Bonchev–Trinajstić information content (AvgIpc) is 2.12. The number of carbonyl (C=O) groups is 1. The SMILES string of the molecule is CC(=O)N1CC[C@H](C(C)(C)C)CC12CCC2. The van der Waals surface area contributed by atoms with E-state index in [4.69, 9.17) is 0 Å². The third-order valence-corrected chi connectivity index (χ3v) is 4.79. The van der Waals surface area contributed by atoms with Crippen LogP contribution in [-0.2, 0) is 4.79 Å². The van der Waals surface area contributed by atoms with Gasteiger partial charge in [-0.2, -0.15) is 0 Å². The molecular formula is C14H25NO. The first-order chi connectivity index (χ1) is 7.35. The van der Waals surface area contributed by atoms with E-state index in [1.165, 1.54) is 32.1 Å². The maximum atomic E-state index is 11.7. The summed E-state index contributed by atoms with van der Waals surface area (Å²) in [4.78, 5) is 13.9. The summed E-state index contributed by atoms with van der Waals surface area (Å²) in [5.74, 6) is 1.07. The summed E-state index contributed by atoms with van der Waals surface area (Å²) < 4.78 is 0. The van der Waals surface area contributed by atoms with Crippen LogP contribution in [0.15, 0.2) is 0 Å². The second-order valence-corrected chi connectivity index (χ2v) is 6.80. The average molecular weight is 223 g/mol. The zero-order valence-electron chi connectivity index (χ0n) is 11.2. The molecule has 0 radical (unpaired) electrons. The normalized spacial score (nSPS) is 29.0. The first kappa shape index (κ1) is 11.9. The van der Waals surface area contributed by atoms with E-state index >= 15 is 0 Å². The second kappa shape index (κ2) is 3.75. The van der Waals surface area contributed by atoms with Crippen LogP contribution in [0.3, 0.4) is 0 Å². The van der Waals surface area contributed by atoms with Gasteiger partial charge in [0.2, 0.25) is 5.91 Å². The predicted molar refractivity (Wildman–Crippen MR) is 66.1 cm³/mol. The Morgan fingerprint density at radius 3 is 2.31 bits per heavy atom. The van der Waals surface area contributed by atoms with Crippen LogP contribution in [0.1, 0.15) is 59.8 Å². The minimum atomic E-state index is 0.252. The van der Waals surface area contributed by atoms with Gasteiger partial charge in [0.15, 0.2) is 0 Å². The van der Waals surface area contributed by atoms with Crippen molar-refractivity contribution in [2.24, 2.45) is 11.3 Å². The maximum absolute atomic E-state index is 11.7. The zero-order valence-corrected chi connectivity index (χ0v) is 11.2. The molecule has 1 saturated heterocycles. The molecule has 2 rings (SSSR count). The summed E-state index contributed by atoms with van der Waals surface area (Å²) in [5.41, 5.74) is 0.646. The molecule has 1 heterocycles. The monoisotopic (exact) mass is 223 g/mol. The minimum Gasteiger partial charge on any atom is -0.337 e. The number of carbonyl (C=O) groups excluding carboxylic acids is 1. The van der Waals surface area contributed by atoms with Gasteiger partial charge in [-0.3, -0.25) is 4.79 Å². The van der Waals surface area contributed by atoms with Crippen LogP contribution in [0.25, 0.3) is 0 Å². The van der Waals surface area contributed by atoms with Crippen LogP contribution in [0.2, 0.25) is 0 Å². The van der Waals surface area contributed by atoms with Crippen molar-refractivity contribution in [2.45, 2.75) is 65.3 Å². The second-order valence-electron chi connectivity index (χ2n) is 6.80. The summed E-state index contributed by atoms with van der Waals surface area (Å²) >= 11 is 0. The van der Waals surface area contributed by atoms with Gasteiger partial charge in [-0.25, -0.2) is 0 Å². The molecule has 0 aromatic heterocycles. The number of amides is 1. The van der Waals surface area contributed by atoms with E-state index in [0.717, 1.165) is 12.5 Å². The van der Waals surface area contributed by atoms with Crippen LogP contribution in [-0.4, -0.2) is 22.9 Å². The van der Waals surface area contributed by atoms with Gasteiger partial charge in [-0.1, -0.05) is 20.8 Å². The molecule has 0 unspecified atom stereocenters. The molecule has 2 aliphatic rings. The summed E-state index contributed by atoms with van der Waals surface area (Å²) in [5, 5.41) is 0. The molecule has 0 bridgehead atoms. The van der Waals surface area contributed by atoms with E-state index in [9.17, 15) is 4.79 Å². The smallest absolute Gasteiger partial charge is 0.219 e. The van der Waals surface area contributed by atoms with Gasteiger partial charge in [0.05, 0.1) is 0 Å². The highest BCUT2D eigenvalue weighted by atomic mass is 16.2. The zero-order chi connectivity index (χ0) is 12.0. The van der Waals surface area contributed by atoms with Crippen molar-refractivity contribution in [1.29, 1.82) is 0 Å². The Labute approximate surface area is 99.4 Å². The van der Waals surface area contributed by atoms with Gasteiger partial charge in [0.25, 0.3) is 0 Å². The van der Waals surface area contributed by atoms with Gasteiger partial charge in [0.1, 0.15) is 0 Å². The van der Waals surface area contributed by atoms with E-state index in [2.05, 4.69) is 25.7 Å². The Kier molecular flexibility index (Phi) is 2.80.